The smallest absolute Gasteiger partial charge is 0.256 e. The Morgan fingerprint density at radius 3 is 2.50 bits per heavy atom. The van der Waals surface area contributed by atoms with Gasteiger partial charge in [-0.15, -0.1) is 21.8 Å². The Labute approximate surface area is 111 Å². The Morgan fingerprint density at radius 1 is 1.28 bits per heavy atom. The molecule has 0 N–H and O–H groups in total. The molecule has 0 saturated carbocycles. The minimum Gasteiger partial charge on any atom is -0.480 e. The van der Waals surface area contributed by atoms with Crippen molar-refractivity contribution in [1.82, 2.24) is 10.2 Å². The van der Waals surface area contributed by atoms with Crippen LogP contribution in [0, 0.1) is 13.8 Å². The Morgan fingerprint density at radius 2 is 1.94 bits per heavy atom. The molecule has 1 aromatic carbocycles. The molecule has 1 atom stereocenters. The predicted molar refractivity (Wildman–Crippen MR) is 68.8 cm³/mol. The average molecular weight is 267 g/mol. The first-order valence-corrected chi connectivity index (χ1v) is 6.26. The van der Waals surface area contributed by atoms with Crippen LogP contribution in [0.4, 0.5) is 0 Å². The lowest BCUT2D eigenvalue weighted by atomic mass is 10.1. The van der Waals surface area contributed by atoms with Crippen LogP contribution in [0.3, 0.4) is 0 Å². The van der Waals surface area contributed by atoms with E-state index in [0.29, 0.717) is 11.8 Å². The van der Waals surface area contributed by atoms with Gasteiger partial charge < -0.3 is 9.15 Å². The molecule has 1 unspecified atom stereocenters. The van der Waals surface area contributed by atoms with Crippen molar-refractivity contribution < 1.29 is 9.15 Å². The van der Waals surface area contributed by atoms with Crippen LogP contribution in [-0.4, -0.2) is 10.2 Å². The number of hydrogen-bond donors (Lipinski definition) is 0. The molecule has 2 rings (SSSR count). The molecule has 18 heavy (non-hydrogen) atoms. The van der Waals surface area contributed by atoms with Gasteiger partial charge in [-0.3, -0.25) is 0 Å². The van der Waals surface area contributed by atoms with Gasteiger partial charge in [0.25, 0.3) is 5.89 Å². The van der Waals surface area contributed by atoms with Gasteiger partial charge in [-0.25, -0.2) is 0 Å². The summed E-state index contributed by atoms with van der Waals surface area (Å²) in [4.78, 5) is 0. The molecule has 0 aliphatic heterocycles. The molecule has 4 nitrogen and oxygen atoms in total. The Balaban J connectivity index is 2.18. The Bertz CT molecular complexity index is 519. The van der Waals surface area contributed by atoms with Crippen LogP contribution < -0.4 is 4.74 Å². The van der Waals surface area contributed by atoms with E-state index in [-0.39, 0.29) is 12.0 Å². The summed E-state index contributed by atoms with van der Waals surface area (Å²) in [5.74, 6) is 1.91. The first kappa shape index (κ1) is 12.9. The van der Waals surface area contributed by atoms with Crippen molar-refractivity contribution in [3.63, 3.8) is 0 Å². The van der Waals surface area contributed by atoms with Gasteiger partial charge in [-0.1, -0.05) is 18.2 Å². The first-order chi connectivity index (χ1) is 8.61. The van der Waals surface area contributed by atoms with E-state index < -0.39 is 0 Å². The number of para-hydroxylation sites is 1. The van der Waals surface area contributed by atoms with Gasteiger partial charge in [0.2, 0.25) is 5.89 Å². The van der Waals surface area contributed by atoms with Crippen LogP contribution >= 0.6 is 11.6 Å². The second kappa shape index (κ2) is 5.40. The maximum Gasteiger partial charge on any atom is 0.256 e. The summed E-state index contributed by atoms with van der Waals surface area (Å²) in [6, 6.07) is 6.01. The molecule has 0 saturated heterocycles. The highest BCUT2D eigenvalue weighted by molar-refractivity contribution is 6.16. The lowest BCUT2D eigenvalue weighted by Gasteiger charge is -2.15. The van der Waals surface area contributed by atoms with Crippen molar-refractivity contribution in [1.29, 1.82) is 0 Å². The average Bonchev–Trinajstić information content (AvgIpc) is 2.82. The number of alkyl halides is 1. The second-order valence-corrected chi connectivity index (χ2v) is 4.42. The number of nitrogens with zero attached hydrogens (tertiary/aromatic N) is 2. The van der Waals surface area contributed by atoms with Crippen LogP contribution in [0.2, 0.25) is 0 Å². The summed E-state index contributed by atoms with van der Waals surface area (Å²) in [5.41, 5.74) is 2.16. The predicted octanol–water partition coefficient (Wildman–Crippen LogP) is 3.57. The Kier molecular flexibility index (Phi) is 3.87. The molecule has 96 valence electrons. The quantitative estimate of drug-likeness (QED) is 0.794. The summed E-state index contributed by atoms with van der Waals surface area (Å²) in [6.07, 6.45) is -0.297. The number of ether oxygens (including phenoxy) is 1. The zero-order valence-corrected chi connectivity index (χ0v) is 11.4. The number of hydrogen-bond acceptors (Lipinski definition) is 4. The zero-order valence-electron chi connectivity index (χ0n) is 10.6. The molecule has 0 aliphatic rings. The summed E-state index contributed by atoms with van der Waals surface area (Å²) < 4.78 is 11.2. The molecular weight excluding hydrogens is 252 g/mol. The molecule has 0 aliphatic carbocycles. The van der Waals surface area contributed by atoms with E-state index in [4.69, 9.17) is 20.8 Å². The number of benzene rings is 1. The molecule has 1 heterocycles. The highest BCUT2D eigenvalue weighted by Gasteiger charge is 2.17. The third-order valence-electron chi connectivity index (χ3n) is 2.65. The summed E-state index contributed by atoms with van der Waals surface area (Å²) >= 11 is 5.62. The van der Waals surface area contributed by atoms with Gasteiger partial charge in [-0.2, -0.15) is 0 Å². The lowest BCUT2D eigenvalue weighted by molar-refractivity contribution is 0.184. The molecule has 5 heteroatoms. The van der Waals surface area contributed by atoms with E-state index in [2.05, 4.69) is 10.2 Å². The molecule has 0 radical (unpaired) electrons. The van der Waals surface area contributed by atoms with Gasteiger partial charge >= 0.3 is 0 Å². The normalized spacial score (nSPS) is 12.4. The molecule has 0 bridgehead atoms. The minimum atomic E-state index is -0.297. The van der Waals surface area contributed by atoms with Gasteiger partial charge in [0, 0.05) is 0 Å². The van der Waals surface area contributed by atoms with E-state index in [1.165, 1.54) is 0 Å². The molecule has 2 aromatic rings. The number of halogens is 1. The molecule has 0 fully saturated rings. The van der Waals surface area contributed by atoms with Crippen molar-refractivity contribution in [3.8, 4) is 5.75 Å². The van der Waals surface area contributed by atoms with E-state index in [1.807, 2.05) is 39.0 Å². The molecule has 1 aromatic heterocycles. The van der Waals surface area contributed by atoms with Gasteiger partial charge in [-0.05, 0) is 31.9 Å². The van der Waals surface area contributed by atoms with Gasteiger partial charge in [0.1, 0.15) is 11.6 Å². The topological polar surface area (TPSA) is 48.2 Å². The zero-order chi connectivity index (χ0) is 13.1. The Hall–Kier alpha value is -1.55. The van der Waals surface area contributed by atoms with E-state index in [1.54, 1.807) is 0 Å². The third-order valence-corrected chi connectivity index (χ3v) is 2.88. The van der Waals surface area contributed by atoms with Crippen LogP contribution in [0.25, 0.3) is 0 Å². The standard InChI is InChI=1S/C13H15ClN2O2/c1-8-5-4-6-9(2)12(8)17-10(3)13-16-15-11(7-14)18-13/h4-6,10H,7H2,1-3H3. The highest BCUT2D eigenvalue weighted by atomic mass is 35.5. The number of aryl methyl sites for hydroxylation is 2. The monoisotopic (exact) mass is 266 g/mol. The fourth-order valence-electron chi connectivity index (χ4n) is 1.70. The SMILES string of the molecule is Cc1cccc(C)c1OC(C)c1nnc(CCl)o1. The van der Waals surface area contributed by atoms with E-state index in [9.17, 15) is 0 Å². The number of rotatable bonds is 4. The van der Waals surface area contributed by atoms with Crippen LogP contribution in [0.1, 0.15) is 35.9 Å². The largest absolute Gasteiger partial charge is 0.480 e. The maximum atomic E-state index is 5.88. The van der Waals surface area contributed by atoms with E-state index >= 15 is 0 Å². The third kappa shape index (κ3) is 2.64. The van der Waals surface area contributed by atoms with Crippen molar-refractivity contribution in [2.24, 2.45) is 0 Å². The van der Waals surface area contributed by atoms with Crippen molar-refractivity contribution >= 4 is 11.6 Å². The van der Waals surface area contributed by atoms with Crippen molar-refractivity contribution in [2.45, 2.75) is 32.8 Å². The molecular formula is C13H15ClN2O2. The molecule has 0 amide bonds. The van der Waals surface area contributed by atoms with Crippen molar-refractivity contribution in [2.75, 3.05) is 0 Å². The van der Waals surface area contributed by atoms with Crippen LogP contribution in [0.5, 0.6) is 5.75 Å². The van der Waals surface area contributed by atoms with Gasteiger partial charge in [0.15, 0.2) is 6.10 Å². The maximum absolute atomic E-state index is 5.88. The fourth-order valence-corrected chi connectivity index (χ4v) is 1.81. The summed E-state index contributed by atoms with van der Waals surface area (Å²) in [5, 5.41) is 7.73. The number of aromatic nitrogens is 2. The first-order valence-electron chi connectivity index (χ1n) is 5.73. The summed E-state index contributed by atoms with van der Waals surface area (Å²) in [6.45, 7) is 5.89. The van der Waals surface area contributed by atoms with Gasteiger partial charge in [0.05, 0.1) is 0 Å². The highest BCUT2D eigenvalue weighted by Crippen LogP contribution is 2.27. The second-order valence-electron chi connectivity index (χ2n) is 4.15. The van der Waals surface area contributed by atoms with E-state index in [0.717, 1.165) is 16.9 Å². The van der Waals surface area contributed by atoms with Crippen molar-refractivity contribution in [3.05, 3.63) is 41.1 Å². The molecule has 0 spiro atoms. The lowest BCUT2D eigenvalue weighted by Crippen LogP contribution is -2.05. The summed E-state index contributed by atoms with van der Waals surface area (Å²) in [7, 11) is 0. The fraction of sp³-hybridized carbons (Fsp3) is 0.385. The van der Waals surface area contributed by atoms with Crippen LogP contribution in [0.15, 0.2) is 22.6 Å². The van der Waals surface area contributed by atoms with Crippen LogP contribution in [-0.2, 0) is 5.88 Å². The minimum absolute atomic E-state index is 0.211.